The molecule has 2 aromatic carbocycles. The van der Waals surface area contributed by atoms with Crippen molar-refractivity contribution in [1.82, 2.24) is 9.80 Å². The van der Waals surface area contributed by atoms with E-state index in [9.17, 15) is 9.59 Å². The molecule has 1 aliphatic heterocycles. The van der Waals surface area contributed by atoms with Gasteiger partial charge in [-0.05, 0) is 56.2 Å². The molecular weight excluding hydrogens is 380 g/mol. The van der Waals surface area contributed by atoms with E-state index in [-0.39, 0.29) is 11.8 Å². The SMILES string of the molecule is COc1ccc(C(=O)N2CCCN(C(=O)CCCOc3ccc(C)cc3)CC2)cc1. The summed E-state index contributed by atoms with van der Waals surface area (Å²) >= 11 is 0. The first-order valence-electron chi connectivity index (χ1n) is 10.5. The first-order valence-corrected chi connectivity index (χ1v) is 10.5. The van der Waals surface area contributed by atoms with Gasteiger partial charge in [0, 0.05) is 38.2 Å². The maximum Gasteiger partial charge on any atom is 0.253 e. The number of carbonyl (C=O) groups excluding carboxylic acids is 2. The Morgan fingerprint density at radius 1 is 0.867 bits per heavy atom. The van der Waals surface area contributed by atoms with Crippen LogP contribution in [0.3, 0.4) is 0 Å². The van der Waals surface area contributed by atoms with Crippen molar-refractivity contribution in [2.45, 2.75) is 26.2 Å². The van der Waals surface area contributed by atoms with Crippen LogP contribution in [0.25, 0.3) is 0 Å². The second-order valence-electron chi connectivity index (χ2n) is 7.52. The number of aryl methyl sites for hydroxylation is 1. The smallest absolute Gasteiger partial charge is 0.253 e. The number of carbonyl (C=O) groups is 2. The lowest BCUT2D eigenvalue weighted by Crippen LogP contribution is -2.37. The molecule has 1 fully saturated rings. The maximum atomic E-state index is 12.8. The number of hydrogen-bond acceptors (Lipinski definition) is 4. The van der Waals surface area contributed by atoms with Crippen molar-refractivity contribution in [3.05, 3.63) is 59.7 Å². The molecule has 6 heteroatoms. The Balaban J connectivity index is 1.42. The molecule has 0 spiro atoms. The quantitative estimate of drug-likeness (QED) is 0.655. The van der Waals surface area contributed by atoms with E-state index >= 15 is 0 Å². The van der Waals surface area contributed by atoms with Crippen LogP contribution < -0.4 is 9.47 Å². The Bertz CT molecular complexity index is 833. The average molecular weight is 411 g/mol. The van der Waals surface area contributed by atoms with Crippen molar-refractivity contribution in [3.63, 3.8) is 0 Å². The zero-order valence-electron chi connectivity index (χ0n) is 17.8. The van der Waals surface area contributed by atoms with Crippen molar-refractivity contribution >= 4 is 11.8 Å². The molecule has 0 unspecified atom stereocenters. The summed E-state index contributed by atoms with van der Waals surface area (Å²) in [7, 11) is 1.60. The molecule has 160 valence electrons. The molecule has 30 heavy (non-hydrogen) atoms. The summed E-state index contributed by atoms with van der Waals surface area (Å²) < 4.78 is 10.9. The summed E-state index contributed by atoms with van der Waals surface area (Å²) in [6, 6.07) is 15.1. The summed E-state index contributed by atoms with van der Waals surface area (Å²) in [5.74, 6) is 1.68. The van der Waals surface area contributed by atoms with E-state index in [4.69, 9.17) is 9.47 Å². The van der Waals surface area contributed by atoms with Crippen LogP contribution in [-0.2, 0) is 4.79 Å². The highest BCUT2D eigenvalue weighted by molar-refractivity contribution is 5.94. The minimum Gasteiger partial charge on any atom is -0.497 e. The van der Waals surface area contributed by atoms with Gasteiger partial charge in [0.05, 0.1) is 13.7 Å². The zero-order valence-corrected chi connectivity index (χ0v) is 17.8. The Hall–Kier alpha value is -3.02. The largest absolute Gasteiger partial charge is 0.497 e. The van der Waals surface area contributed by atoms with Crippen LogP contribution in [0.5, 0.6) is 11.5 Å². The molecule has 0 saturated carbocycles. The van der Waals surface area contributed by atoms with Crippen molar-refractivity contribution < 1.29 is 19.1 Å². The predicted molar refractivity (Wildman–Crippen MR) is 116 cm³/mol. The highest BCUT2D eigenvalue weighted by Crippen LogP contribution is 2.15. The van der Waals surface area contributed by atoms with E-state index in [0.717, 1.165) is 17.9 Å². The van der Waals surface area contributed by atoms with Gasteiger partial charge in [0.2, 0.25) is 5.91 Å². The molecule has 2 amide bonds. The maximum absolute atomic E-state index is 12.8. The molecule has 1 saturated heterocycles. The number of methoxy groups -OCH3 is 1. The predicted octanol–water partition coefficient (Wildman–Crippen LogP) is 3.54. The summed E-state index contributed by atoms with van der Waals surface area (Å²) in [6.07, 6.45) is 1.92. The first kappa shape index (κ1) is 21.7. The number of nitrogens with zero attached hydrogens (tertiary/aromatic N) is 2. The molecule has 0 radical (unpaired) electrons. The van der Waals surface area contributed by atoms with Gasteiger partial charge in [0.25, 0.3) is 5.91 Å². The molecule has 0 bridgehead atoms. The molecular formula is C24H30N2O4. The second kappa shape index (κ2) is 10.7. The molecule has 3 rings (SSSR count). The number of ether oxygens (including phenoxy) is 2. The molecule has 0 aliphatic carbocycles. The number of benzene rings is 2. The van der Waals surface area contributed by atoms with Gasteiger partial charge in [-0.3, -0.25) is 9.59 Å². The summed E-state index contributed by atoms with van der Waals surface area (Å²) in [6.45, 7) is 5.02. The van der Waals surface area contributed by atoms with Crippen LogP contribution in [0.1, 0.15) is 35.2 Å². The standard InChI is InChI=1S/C24H30N2O4/c1-19-6-10-22(11-7-19)30-18-3-5-23(27)25-14-4-15-26(17-16-25)24(28)20-8-12-21(29-2)13-9-20/h6-13H,3-5,14-18H2,1-2H3. The minimum atomic E-state index is -0.00144. The Labute approximate surface area is 178 Å². The average Bonchev–Trinajstić information content (AvgIpc) is 3.04. The van der Waals surface area contributed by atoms with E-state index in [1.54, 1.807) is 31.4 Å². The highest BCUT2D eigenvalue weighted by atomic mass is 16.5. The Morgan fingerprint density at radius 3 is 2.20 bits per heavy atom. The Kier molecular flexibility index (Phi) is 7.71. The fourth-order valence-corrected chi connectivity index (χ4v) is 3.49. The fraction of sp³-hybridized carbons (Fsp3) is 0.417. The lowest BCUT2D eigenvalue weighted by atomic mass is 10.2. The van der Waals surface area contributed by atoms with Crippen LogP contribution in [0, 0.1) is 6.92 Å². The molecule has 0 N–H and O–H groups in total. The van der Waals surface area contributed by atoms with Crippen molar-refractivity contribution in [1.29, 1.82) is 0 Å². The third kappa shape index (κ3) is 5.99. The third-order valence-electron chi connectivity index (χ3n) is 5.30. The zero-order chi connectivity index (χ0) is 21.3. The van der Waals surface area contributed by atoms with Gasteiger partial charge in [-0.1, -0.05) is 17.7 Å². The fourth-order valence-electron chi connectivity index (χ4n) is 3.49. The van der Waals surface area contributed by atoms with E-state index in [0.29, 0.717) is 51.2 Å². The number of amides is 2. The summed E-state index contributed by atoms with van der Waals surface area (Å²) in [4.78, 5) is 29.0. The van der Waals surface area contributed by atoms with Crippen LogP contribution in [0.15, 0.2) is 48.5 Å². The van der Waals surface area contributed by atoms with E-state index < -0.39 is 0 Å². The van der Waals surface area contributed by atoms with E-state index in [1.165, 1.54) is 5.56 Å². The van der Waals surface area contributed by atoms with E-state index in [2.05, 4.69) is 0 Å². The number of rotatable bonds is 7. The highest BCUT2D eigenvalue weighted by Gasteiger charge is 2.22. The molecule has 1 aliphatic rings. The van der Waals surface area contributed by atoms with Crippen LogP contribution in [0.2, 0.25) is 0 Å². The lowest BCUT2D eigenvalue weighted by molar-refractivity contribution is -0.131. The van der Waals surface area contributed by atoms with Crippen molar-refractivity contribution in [2.75, 3.05) is 39.9 Å². The summed E-state index contributed by atoms with van der Waals surface area (Å²) in [5.41, 5.74) is 1.84. The monoisotopic (exact) mass is 410 g/mol. The van der Waals surface area contributed by atoms with Gasteiger partial charge in [0.1, 0.15) is 11.5 Å². The van der Waals surface area contributed by atoms with Gasteiger partial charge in [-0.25, -0.2) is 0 Å². The molecule has 0 atom stereocenters. The van der Waals surface area contributed by atoms with Gasteiger partial charge in [-0.15, -0.1) is 0 Å². The summed E-state index contributed by atoms with van der Waals surface area (Å²) in [5, 5.41) is 0. The van der Waals surface area contributed by atoms with Crippen molar-refractivity contribution in [2.24, 2.45) is 0 Å². The van der Waals surface area contributed by atoms with Gasteiger partial charge in [-0.2, -0.15) is 0 Å². The topological polar surface area (TPSA) is 59.1 Å². The van der Waals surface area contributed by atoms with Crippen LogP contribution in [-0.4, -0.2) is 61.5 Å². The van der Waals surface area contributed by atoms with Gasteiger partial charge in [0.15, 0.2) is 0 Å². The van der Waals surface area contributed by atoms with E-state index in [1.807, 2.05) is 41.0 Å². The molecule has 6 nitrogen and oxygen atoms in total. The molecule has 1 heterocycles. The number of hydrogen-bond donors (Lipinski definition) is 0. The van der Waals surface area contributed by atoms with Crippen LogP contribution >= 0.6 is 0 Å². The van der Waals surface area contributed by atoms with Gasteiger partial charge < -0.3 is 19.3 Å². The van der Waals surface area contributed by atoms with Crippen LogP contribution in [0.4, 0.5) is 0 Å². The van der Waals surface area contributed by atoms with Crippen molar-refractivity contribution in [3.8, 4) is 11.5 Å². The first-order chi connectivity index (χ1) is 14.6. The lowest BCUT2D eigenvalue weighted by Gasteiger charge is -2.22. The second-order valence-corrected chi connectivity index (χ2v) is 7.52. The molecule has 0 aromatic heterocycles. The normalized spacial score (nSPS) is 14.2. The van der Waals surface area contributed by atoms with Gasteiger partial charge >= 0.3 is 0 Å². The minimum absolute atomic E-state index is 0.00144. The Morgan fingerprint density at radius 2 is 1.50 bits per heavy atom. The third-order valence-corrected chi connectivity index (χ3v) is 5.30. The molecule has 2 aromatic rings.